The molecule has 0 aromatic carbocycles. The second kappa shape index (κ2) is 4.84. The number of rotatable bonds is 3. The molecule has 2 aromatic heterocycles. The molecule has 0 radical (unpaired) electrons. The Morgan fingerprint density at radius 3 is 2.42 bits per heavy atom. The highest BCUT2D eigenvalue weighted by molar-refractivity contribution is 6.08. The van der Waals surface area contributed by atoms with Crippen LogP contribution in [0.2, 0.25) is 0 Å². The van der Waals surface area contributed by atoms with Gasteiger partial charge < -0.3 is 10.4 Å². The molecule has 2 N–H and O–H groups in total. The molecule has 0 atom stereocenters. The Morgan fingerprint density at radius 1 is 1.26 bits per heavy atom. The van der Waals surface area contributed by atoms with E-state index in [1.807, 2.05) is 0 Å². The smallest absolute Gasteiger partial charge is 0.356 e. The number of carboxylic acid groups (broad SMARTS) is 1. The molecule has 2 rings (SSSR count). The number of nitrogens with zero attached hydrogens (tertiary/aromatic N) is 4. The standard InChI is InChI=1S/C11H11N5O3/c1-6-5-7(16(2)15-6)14-10(17)8-9(11(18)19)13-4-3-12-8/h3-5H,1-2H3,(H,14,17)(H,18,19). The third-order valence-corrected chi connectivity index (χ3v) is 2.36. The summed E-state index contributed by atoms with van der Waals surface area (Å²) < 4.78 is 1.48. The molecule has 0 aliphatic carbocycles. The summed E-state index contributed by atoms with van der Waals surface area (Å²) in [4.78, 5) is 30.3. The zero-order chi connectivity index (χ0) is 14.0. The molecule has 0 aliphatic rings. The second-order valence-electron chi connectivity index (χ2n) is 3.81. The van der Waals surface area contributed by atoms with Gasteiger partial charge in [-0.2, -0.15) is 5.10 Å². The number of nitrogens with one attached hydrogen (secondary N) is 1. The maximum absolute atomic E-state index is 12.0. The van der Waals surface area contributed by atoms with Crippen LogP contribution < -0.4 is 5.32 Å². The van der Waals surface area contributed by atoms with Crippen LogP contribution in [0.15, 0.2) is 18.5 Å². The van der Waals surface area contributed by atoms with Gasteiger partial charge in [0, 0.05) is 25.5 Å². The number of carbonyl (C=O) groups excluding carboxylic acids is 1. The van der Waals surface area contributed by atoms with Gasteiger partial charge in [0.2, 0.25) is 0 Å². The van der Waals surface area contributed by atoms with Crippen molar-refractivity contribution in [1.29, 1.82) is 0 Å². The lowest BCUT2D eigenvalue weighted by molar-refractivity contribution is 0.0685. The van der Waals surface area contributed by atoms with E-state index in [1.54, 1.807) is 20.0 Å². The quantitative estimate of drug-likeness (QED) is 0.831. The van der Waals surface area contributed by atoms with Crippen molar-refractivity contribution in [3.8, 4) is 0 Å². The number of aromatic carboxylic acids is 1. The molecule has 98 valence electrons. The number of aryl methyl sites for hydroxylation is 2. The zero-order valence-corrected chi connectivity index (χ0v) is 10.3. The highest BCUT2D eigenvalue weighted by Gasteiger charge is 2.20. The number of carbonyl (C=O) groups is 2. The SMILES string of the molecule is Cc1cc(NC(=O)c2nccnc2C(=O)O)n(C)n1. The lowest BCUT2D eigenvalue weighted by atomic mass is 10.3. The Balaban J connectivity index is 2.30. The number of carboxylic acids is 1. The summed E-state index contributed by atoms with van der Waals surface area (Å²) in [5.74, 6) is -1.50. The highest BCUT2D eigenvalue weighted by Crippen LogP contribution is 2.10. The van der Waals surface area contributed by atoms with Gasteiger partial charge in [-0.25, -0.2) is 14.8 Å². The van der Waals surface area contributed by atoms with Gasteiger partial charge in [0.15, 0.2) is 11.4 Å². The van der Waals surface area contributed by atoms with E-state index in [4.69, 9.17) is 5.11 Å². The molecular weight excluding hydrogens is 250 g/mol. The maximum Gasteiger partial charge on any atom is 0.356 e. The maximum atomic E-state index is 12.0. The number of anilines is 1. The lowest BCUT2D eigenvalue weighted by Crippen LogP contribution is -2.20. The summed E-state index contributed by atoms with van der Waals surface area (Å²) in [6.45, 7) is 1.78. The van der Waals surface area contributed by atoms with Crippen LogP contribution in [0.25, 0.3) is 0 Å². The van der Waals surface area contributed by atoms with Gasteiger partial charge in [-0.3, -0.25) is 9.48 Å². The van der Waals surface area contributed by atoms with Crippen molar-refractivity contribution >= 4 is 17.7 Å². The number of hydrogen-bond acceptors (Lipinski definition) is 5. The number of hydrogen-bond donors (Lipinski definition) is 2. The third kappa shape index (κ3) is 2.57. The van der Waals surface area contributed by atoms with Crippen molar-refractivity contribution in [2.45, 2.75) is 6.92 Å². The van der Waals surface area contributed by atoms with Gasteiger partial charge in [0.25, 0.3) is 5.91 Å². The molecule has 0 fully saturated rings. The fourth-order valence-corrected chi connectivity index (χ4v) is 1.56. The summed E-state index contributed by atoms with van der Waals surface area (Å²) in [6, 6.07) is 1.66. The van der Waals surface area contributed by atoms with Gasteiger partial charge in [0.1, 0.15) is 5.82 Å². The molecule has 2 heterocycles. The topological polar surface area (TPSA) is 110 Å². The van der Waals surface area contributed by atoms with Crippen LogP contribution in [0.1, 0.15) is 26.7 Å². The molecule has 1 amide bonds. The Bertz CT molecular complexity index is 650. The molecule has 0 aliphatic heterocycles. The van der Waals surface area contributed by atoms with Gasteiger partial charge in [-0.15, -0.1) is 0 Å². The first-order valence-corrected chi connectivity index (χ1v) is 5.35. The van der Waals surface area contributed by atoms with Crippen LogP contribution in [0, 0.1) is 6.92 Å². The zero-order valence-electron chi connectivity index (χ0n) is 10.3. The first kappa shape index (κ1) is 12.7. The molecule has 19 heavy (non-hydrogen) atoms. The van der Waals surface area contributed by atoms with Crippen LogP contribution in [-0.2, 0) is 7.05 Å². The van der Waals surface area contributed by atoms with Gasteiger partial charge in [0.05, 0.1) is 5.69 Å². The average molecular weight is 261 g/mol. The summed E-state index contributed by atoms with van der Waals surface area (Å²) >= 11 is 0. The van der Waals surface area contributed by atoms with E-state index in [2.05, 4.69) is 20.4 Å². The lowest BCUT2D eigenvalue weighted by Gasteiger charge is -2.05. The normalized spacial score (nSPS) is 10.2. The fraction of sp³-hybridized carbons (Fsp3) is 0.182. The van der Waals surface area contributed by atoms with E-state index < -0.39 is 11.9 Å². The van der Waals surface area contributed by atoms with E-state index in [-0.39, 0.29) is 11.4 Å². The van der Waals surface area contributed by atoms with E-state index in [0.29, 0.717) is 5.82 Å². The van der Waals surface area contributed by atoms with E-state index in [0.717, 1.165) is 5.69 Å². The molecular formula is C11H11N5O3. The molecule has 0 saturated carbocycles. The molecule has 0 saturated heterocycles. The molecule has 0 bridgehead atoms. The van der Waals surface area contributed by atoms with E-state index >= 15 is 0 Å². The van der Waals surface area contributed by atoms with Crippen molar-refractivity contribution in [3.63, 3.8) is 0 Å². The van der Waals surface area contributed by atoms with Crippen LogP contribution in [0.4, 0.5) is 5.82 Å². The monoisotopic (exact) mass is 261 g/mol. The Morgan fingerprint density at radius 2 is 1.89 bits per heavy atom. The van der Waals surface area contributed by atoms with Gasteiger partial charge in [-0.05, 0) is 6.92 Å². The number of aromatic nitrogens is 4. The third-order valence-electron chi connectivity index (χ3n) is 2.36. The molecule has 2 aromatic rings. The largest absolute Gasteiger partial charge is 0.476 e. The fourth-order valence-electron chi connectivity index (χ4n) is 1.56. The van der Waals surface area contributed by atoms with Crippen LogP contribution in [0.5, 0.6) is 0 Å². The molecule has 8 nitrogen and oxygen atoms in total. The van der Waals surface area contributed by atoms with Crippen molar-refractivity contribution in [2.24, 2.45) is 7.05 Å². The molecule has 0 unspecified atom stereocenters. The first-order valence-electron chi connectivity index (χ1n) is 5.35. The molecule has 0 spiro atoms. The summed E-state index contributed by atoms with van der Waals surface area (Å²) in [5, 5.41) is 15.5. The van der Waals surface area contributed by atoms with Crippen molar-refractivity contribution in [2.75, 3.05) is 5.32 Å². The predicted octanol–water partition coefficient (Wildman–Crippen LogP) is 0.469. The minimum Gasteiger partial charge on any atom is -0.476 e. The summed E-state index contributed by atoms with van der Waals surface area (Å²) in [6.07, 6.45) is 2.48. The van der Waals surface area contributed by atoms with Crippen LogP contribution in [0.3, 0.4) is 0 Å². The van der Waals surface area contributed by atoms with E-state index in [1.165, 1.54) is 17.1 Å². The first-order chi connectivity index (χ1) is 8.99. The van der Waals surface area contributed by atoms with Crippen LogP contribution in [-0.4, -0.2) is 36.7 Å². The Hall–Kier alpha value is -2.77. The number of amides is 1. The minimum atomic E-state index is -1.31. The summed E-state index contributed by atoms with van der Waals surface area (Å²) in [5.41, 5.74) is 0.100. The summed E-state index contributed by atoms with van der Waals surface area (Å²) in [7, 11) is 1.66. The van der Waals surface area contributed by atoms with Gasteiger partial charge >= 0.3 is 5.97 Å². The molecule has 8 heteroatoms. The Labute approximate surface area is 108 Å². The highest BCUT2D eigenvalue weighted by atomic mass is 16.4. The average Bonchev–Trinajstić information content (AvgIpc) is 2.67. The van der Waals surface area contributed by atoms with Crippen LogP contribution >= 0.6 is 0 Å². The van der Waals surface area contributed by atoms with E-state index in [9.17, 15) is 9.59 Å². The Kier molecular flexibility index (Phi) is 3.23. The van der Waals surface area contributed by atoms with Crippen molar-refractivity contribution < 1.29 is 14.7 Å². The van der Waals surface area contributed by atoms with Crippen molar-refractivity contribution in [3.05, 3.63) is 35.5 Å². The predicted molar refractivity (Wildman–Crippen MR) is 64.9 cm³/mol. The van der Waals surface area contributed by atoms with Crippen molar-refractivity contribution in [1.82, 2.24) is 19.7 Å². The second-order valence-corrected chi connectivity index (χ2v) is 3.81. The van der Waals surface area contributed by atoms with Gasteiger partial charge in [-0.1, -0.05) is 0 Å². The minimum absolute atomic E-state index is 0.242.